The number of hydrogen-bond acceptors (Lipinski definition) is 5. The van der Waals surface area contributed by atoms with Crippen LogP contribution in [0.15, 0.2) is 36.7 Å². The third kappa shape index (κ3) is 3.11. The van der Waals surface area contributed by atoms with Crippen LogP contribution in [-0.2, 0) is 7.05 Å². The minimum Gasteiger partial charge on any atom is -0.362 e. The minimum atomic E-state index is 0.0327. The molecule has 1 amide bonds. The van der Waals surface area contributed by atoms with Crippen molar-refractivity contribution in [2.45, 2.75) is 13.0 Å². The van der Waals surface area contributed by atoms with Crippen molar-refractivity contribution >= 4 is 22.8 Å². The Morgan fingerprint density at radius 3 is 2.79 bits per heavy atom. The van der Waals surface area contributed by atoms with E-state index >= 15 is 0 Å². The Kier molecular flexibility index (Phi) is 4.77. The van der Waals surface area contributed by atoms with Crippen LogP contribution < -0.4 is 10.2 Å². The van der Waals surface area contributed by atoms with Crippen LogP contribution in [0.4, 0.5) is 5.82 Å². The average molecular weight is 378 g/mol. The summed E-state index contributed by atoms with van der Waals surface area (Å²) < 4.78 is 1.87. The van der Waals surface area contributed by atoms with E-state index in [0.717, 1.165) is 23.4 Å². The molecule has 7 nitrogen and oxygen atoms in total. The molecular formula is C21H26N6O. The van der Waals surface area contributed by atoms with Gasteiger partial charge in [-0.25, -0.2) is 9.97 Å². The van der Waals surface area contributed by atoms with Gasteiger partial charge in [-0.2, -0.15) is 0 Å². The summed E-state index contributed by atoms with van der Waals surface area (Å²) in [5.74, 6) is 0.850. The number of piperazine rings is 1. The molecule has 3 heterocycles. The van der Waals surface area contributed by atoms with Gasteiger partial charge in [-0.3, -0.25) is 4.79 Å². The van der Waals surface area contributed by atoms with Gasteiger partial charge in [0.1, 0.15) is 23.5 Å². The molecular weight excluding hydrogens is 352 g/mol. The highest BCUT2D eigenvalue weighted by Gasteiger charge is 2.28. The number of rotatable bonds is 3. The summed E-state index contributed by atoms with van der Waals surface area (Å²) in [7, 11) is 5.78. The summed E-state index contributed by atoms with van der Waals surface area (Å²) in [6.07, 6.45) is 1.55. The van der Waals surface area contributed by atoms with Crippen LogP contribution in [0, 0.1) is 6.92 Å². The Morgan fingerprint density at radius 2 is 2.04 bits per heavy atom. The van der Waals surface area contributed by atoms with Crippen LogP contribution in [-0.4, -0.2) is 59.1 Å². The van der Waals surface area contributed by atoms with Crippen molar-refractivity contribution < 1.29 is 4.79 Å². The molecule has 7 heteroatoms. The topological polar surface area (TPSA) is 66.3 Å². The quantitative estimate of drug-likeness (QED) is 0.756. The molecule has 0 saturated carbocycles. The van der Waals surface area contributed by atoms with E-state index in [-0.39, 0.29) is 11.9 Å². The predicted octanol–water partition coefficient (Wildman–Crippen LogP) is 2.13. The van der Waals surface area contributed by atoms with E-state index in [1.807, 2.05) is 47.6 Å². The van der Waals surface area contributed by atoms with E-state index in [1.165, 1.54) is 11.1 Å². The third-order valence-corrected chi connectivity index (χ3v) is 5.47. The van der Waals surface area contributed by atoms with Crippen molar-refractivity contribution in [1.82, 2.24) is 24.8 Å². The van der Waals surface area contributed by atoms with Gasteiger partial charge in [0.2, 0.25) is 0 Å². The zero-order valence-corrected chi connectivity index (χ0v) is 16.8. The van der Waals surface area contributed by atoms with Crippen molar-refractivity contribution in [2.75, 3.05) is 38.6 Å². The summed E-state index contributed by atoms with van der Waals surface area (Å²) in [5.41, 5.74) is 3.90. The average Bonchev–Trinajstić information content (AvgIpc) is 3.04. The number of carbonyl (C=O) groups is 1. The normalized spacial score (nSPS) is 17.1. The minimum absolute atomic E-state index is 0.0327. The largest absolute Gasteiger partial charge is 0.362 e. The smallest absolute Gasteiger partial charge is 0.270 e. The maximum absolute atomic E-state index is 13.3. The number of anilines is 1. The SMILES string of the molecule is Cc1ccccc1C1CN(C(=O)c2cc3c(N(C)C)ncnc3n2C)CCN1. The van der Waals surface area contributed by atoms with Crippen LogP contribution in [0.25, 0.3) is 11.0 Å². The molecule has 1 aliphatic rings. The standard InChI is InChI=1S/C21H26N6O/c1-14-7-5-6-8-15(14)17-12-27(10-9-22-17)21(28)18-11-16-19(25(2)3)23-13-24-20(16)26(18)4/h5-8,11,13,17,22H,9-10,12H2,1-4H3. The number of fused-ring (bicyclic) bond motifs is 1. The summed E-state index contributed by atoms with van der Waals surface area (Å²) in [4.78, 5) is 26.0. The zero-order chi connectivity index (χ0) is 19.8. The van der Waals surface area contributed by atoms with Crippen molar-refractivity contribution in [2.24, 2.45) is 7.05 Å². The number of amides is 1. The molecule has 0 radical (unpaired) electrons. The maximum atomic E-state index is 13.3. The van der Waals surface area contributed by atoms with Gasteiger partial charge in [-0.1, -0.05) is 24.3 Å². The molecule has 3 aromatic rings. The maximum Gasteiger partial charge on any atom is 0.270 e. The third-order valence-electron chi connectivity index (χ3n) is 5.47. The molecule has 2 aromatic heterocycles. The van der Waals surface area contributed by atoms with Crippen molar-refractivity contribution in [3.05, 3.63) is 53.5 Å². The van der Waals surface area contributed by atoms with E-state index < -0.39 is 0 Å². The van der Waals surface area contributed by atoms with E-state index in [1.54, 1.807) is 6.33 Å². The first kappa shape index (κ1) is 18.4. The molecule has 1 fully saturated rings. The van der Waals surface area contributed by atoms with Crippen molar-refractivity contribution in [3.8, 4) is 0 Å². The predicted molar refractivity (Wildman–Crippen MR) is 111 cm³/mol. The lowest BCUT2D eigenvalue weighted by molar-refractivity contribution is 0.0693. The molecule has 1 N–H and O–H groups in total. The second-order valence-electron chi connectivity index (χ2n) is 7.53. The lowest BCUT2D eigenvalue weighted by Gasteiger charge is -2.34. The number of carbonyl (C=O) groups excluding carboxylic acids is 1. The van der Waals surface area contributed by atoms with Gasteiger partial charge >= 0.3 is 0 Å². The molecule has 1 aromatic carbocycles. The number of nitrogens with one attached hydrogen (secondary N) is 1. The second-order valence-corrected chi connectivity index (χ2v) is 7.53. The molecule has 0 aliphatic carbocycles. The van der Waals surface area contributed by atoms with Gasteiger partial charge < -0.3 is 19.7 Å². The fourth-order valence-electron chi connectivity index (χ4n) is 3.97. The lowest BCUT2D eigenvalue weighted by Crippen LogP contribution is -2.48. The Morgan fingerprint density at radius 1 is 1.25 bits per heavy atom. The van der Waals surface area contributed by atoms with Crippen LogP contribution in [0.2, 0.25) is 0 Å². The molecule has 1 unspecified atom stereocenters. The molecule has 0 spiro atoms. The van der Waals surface area contributed by atoms with Gasteiger partial charge in [0.05, 0.1) is 11.4 Å². The molecule has 1 atom stereocenters. The number of benzene rings is 1. The zero-order valence-electron chi connectivity index (χ0n) is 16.8. The van der Waals surface area contributed by atoms with Gasteiger partial charge in [-0.05, 0) is 24.1 Å². The molecule has 146 valence electrons. The molecule has 4 rings (SSSR count). The number of hydrogen-bond donors (Lipinski definition) is 1. The Bertz CT molecular complexity index is 1020. The van der Waals surface area contributed by atoms with Gasteiger partial charge in [0, 0.05) is 40.8 Å². The summed E-state index contributed by atoms with van der Waals surface area (Å²) in [6.45, 7) is 4.23. The Hall–Kier alpha value is -2.93. The summed E-state index contributed by atoms with van der Waals surface area (Å²) in [6, 6.07) is 10.4. The van der Waals surface area contributed by atoms with Crippen LogP contribution in [0.3, 0.4) is 0 Å². The fraction of sp³-hybridized carbons (Fsp3) is 0.381. The number of nitrogens with zero attached hydrogens (tertiary/aromatic N) is 5. The number of aryl methyl sites for hydroxylation is 2. The van der Waals surface area contributed by atoms with E-state index in [0.29, 0.717) is 18.8 Å². The van der Waals surface area contributed by atoms with Crippen LogP contribution in [0.5, 0.6) is 0 Å². The van der Waals surface area contributed by atoms with Crippen LogP contribution >= 0.6 is 0 Å². The van der Waals surface area contributed by atoms with Gasteiger partial charge in [0.25, 0.3) is 5.91 Å². The second kappa shape index (κ2) is 7.24. The first-order valence-electron chi connectivity index (χ1n) is 9.53. The lowest BCUT2D eigenvalue weighted by atomic mass is 9.99. The first-order chi connectivity index (χ1) is 13.5. The van der Waals surface area contributed by atoms with Crippen molar-refractivity contribution in [3.63, 3.8) is 0 Å². The highest BCUT2D eigenvalue weighted by atomic mass is 16.2. The molecule has 0 bridgehead atoms. The van der Waals surface area contributed by atoms with Gasteiger partial charge in [0.15, 0.2) is 0 Å². The molecule has 1 saturated heterocycles. The highest BCUT2D eigenvalue weighted by molar-refractivity contribution is 6.00. The summed E-state index contributed by atoms with van der Waals surface area (Å²) >= 11 is 0. The first-order valence-corrected chi connectivity index (χ1v) is 9.53. The molecule has 28 heavy (non-hydrogen) atoms. The van der Waals surface area contributed by atoms with Gasteiger partial charge in [-0.15, -0.1) is 0 Å². The highest BCUT2D eigenvalue weighted by Crippen LogP contribution is 2.26. The van der Waals surface area contributed by atoms with E-state index in [9.17, 15) is 4.79 Å². The molecule has 1 aliphatic heterocycles. The van der Waals surface area contributed by atoms with E-state index in [2.05, 4.69) is 40.4 Å². The monoisotopic (exact) mass is 378 g/mol. The number of aromatic nitrogens is 3. The van der Waals surface area contributed by atoms with E-state index in [4.69, 9.17) is 0 Å². The van der Waals surface area contributed by atoms with Crippen molar-refractivity contribution in [1.29, 1.82) is 0 Å². The fourth-order valence-corrected chi connectivity index (χ4v) is 3.97. The Balaban J connectivity index is 1.65. The Labute approximate surface area is 165 Å². The summed E-state index contributed by atoms with van der Waals surface area (Å²) in [5, 5.41) is 4.44. The van der Waals surface area contributed by atoms with Crippen LogP contribution in [0.1, 0.15) is 27.7 Å².